The first-order chi connectivity index (χ1) is 33.0. The Kier molecular flexibility index (Phi) is 54.2. The van der Waals surface area contributed by atoms with E-state index in [1.165, 1.54) is 212 Å². The number of hydrogen-bond acceptors (Lipinski definition) is 6. The Hall–Kier alpha value is -2.37. The van der Waals surface area contributed by atoms with E-state index in [4.69, 9.17) is 14.2 Å². The molecule has 0 spiro atoms. The van der Waals surface area contributed by atoms with Gasteiger partial charge in [-0.15, -0.1) is 0 Å². The summed E-state index contributed by atoms with van der Waals surface area (Å²) in [5.41, 5.74) is 0. The van der Waals surface area contributed by atoms with Crippen molar-refractivity contribution in [1.82, 2.24) is 0 Å². The number of esters is 3. The number of carbonyl (C=O) groups excluding carboxylic acids is 3. The van der Waals surface area contributed by atoms with Crippen molar-refractivity contribution in [2.24, 2.45) is 0 Å². The Balaban J connectivity index is 4.40. The number of ether oxygens (including phenoxy) is 3. The van der Waals surface area contributed by atoms with E-state index in [9.17, 15) is 14.4 Å². The number of carbonyl (C=O) groups is 3. The molecule has 0 aromatic heterocycles. The lowest BCUT2D eigenvalue weighted by Gasteiger charge is -2.18. The third-order valence-corrected chi connectivity index (χ3v) is 13.1. The summed E-state index contributed by atoms with van der Waals surface area (Å²) >= 11 is 0. The molecule has 0 aliphatic carbocycles. The van der Waals surface area contributed by atoms with Gasteiger partial charge in [0.05, 0.1) is 0 Å². The molecule has 6 nitrogen and oxygen atoms in total. The van der Waals surface area contributed by atoms with Crippen molar-refractivity contribution in [1.29, 1.82) is 0 Å². The molecular formula is C61H112O6. The zero-order valence-electron chi connectivity index (χ0n) is 44.9. The molecule has 0 bridgehead atoms. The van der Waals surface area contributed by atoms with Crippen molar-refractivity contribution in [2.45, 2.75) is 322 Å². The maximum absolute atomic E-state index is 12.9. The van der Waals surface area contributed by atoms with Crippen LogP contribution < -0.4 is 0 Å². The van der Waals surface area contributed by atoms with E-state index in [2.05, 4.69) is 57.2 Å². The molecule has 0 fully saturated rings. The van der Waals surface area contributed by atoms with Crippen LogP contribution in [0.15, 0.2) is 36.5 Å². The maximum Gasteiger partial charge on any atom is 0.306 e. The van der Waals surface area contributed by atoms with Gasteiger partial charge in [0.2, 0.25) is 0 Å². The molecule has 392 valence electrons. The lowest BCUT2D eigenvalue weighted by atomic mass is 10.0. The molecule has 0 aromatic rings. The van der Waals surface area contributed by atoms with Gasteiger partial charge in [-0.05, 0) is 51.4 Å². The summed E-state index contributed by atoms with van der Waals surface area (Å²) in [6.45, 7) is 6.64. The quantitative estimate of drug-likeness (QED) is 0.0262. The summed E-state index contributed by atoms with van der Waals surface area (Å²) in [6.07, 6.45) is 67.1. The molecule has 0 aliphatic heterocycles. The highest BCUT2D eigenvalue weighted by Gasteiger charge is 2.19. The largest absolute Gasteiger partial charge is 0.462 e. The van der Waals surface area contributed by atoms with Gasteiger partial charge in [0, 0.05) is 19.3 Å². The minimum Gasteiger partial charge on any atom is -0.462 e. The Labute approximate surface area is 416 Å². The van der Waals surface area contributed by atoms with E-state index < -0.39 is 6.10 Å². The Morgan fingerprint density at radius 2 is 0.552 bits per heavy atom. The molecule has 0 rings (SSSR count). The molecule has 1 unspecified atom stereocenters. The third kappa shape index (κ3) is 54.4. The topological polar surface area (TPSA) is 78.9 Å². The molecule has 0 saturated carbocycles. The van der Waals surface area contributed by atoms with Crippen molar-refractivity contribution < 1.29 is 28.6 Å². The second kappa shape index (κ2) is 56.2. The molecule has 0 aromatic carbocycles. The van der Waals surface area contributed by atoms with Crippen molar-refractivity contribution >= 4 is 17.9 Å². The van der Waals surface area contributed by atoms with Crippen LogP contribution in [0.3, 0.4) is 0 Å². The fourth-order valence-corrected chi connectivity index (χ4v) is 8.70. The first-order valence-corrected chi connectivity index (χ1v) is 29.5. The standard InChI is InChI=1S/C61H112O6/c1-4-7-10-13-16-19-22-25-28-31-34-36-39-42-45-48-51-54-60(63)66-57-58(67-61(64)55-52-49-46-43-40-37-33-30-27-24-21-18-15-12-9-6-3)56-65-59(62)53-50-47-44-41-38-35-32-29-26-23-20-17-14-11-8-5-2/h25,28,34,36,42,45,58H,4-24,26-27,29-33,35,37-41,43-44,46-57H2,1-3H3/b28-25-,36-34-,45-42-. The van der Waals surface area contributed by atoms with Gasteiger partial charge >= 0.3 is 17.9 Å². The summed E-state index contributed by atoms with van der Waals surface area (Å²) in [5, 5.41) is 0. The molecule has 0 aliphatic rings. The second-order valence-corrected chi connectivity index (χ2v) is 19.9. The molecule has 6 heteroatoms. The van der Waals surface area contributed by atoms with Crippen molar-refractivity contribution in [3.8, 4) is 0 Å². The van der Waals surface area contributed by atoms with Gasteiger partial charge in [-0.25, -0.2) is 0 Å². The average Bonchev–Trinajstić information content (AvgIpc) is 3.33. The predicted octanol–water partition coefficient (Wildman–Crippen LogP) is 19.7. The highest BCUT2D eigenvalue weighted by molar-refractivity contribution is 5.71. The van der Waals surface area contributed by atoms with E-state index in [0.29, 0.717) is 25.7 Å². The summed E-state index contributed by atoms with van der Waals surface area (Å²) in [5.74, 6) is -0.917. The summed E-state index contributed by atoms with van der Waals surface area (Å²) in [6, 6.07) is 0. The fraction of sp³-hybridized carbons (Fsp3) is 0.852. The number of rotatable bonds is 54. The van der Waals surface area contributed by atoms with Gasteiger partial charge in [0.15, 0.2) is 6.10 Å². The summed E-state index contributed by atoms with van der Waals surface area (Å²) in [4.78, 5) is 38.1. The minimum atomic E-state index is -0.788. The molecular weight excluding hydrogens is 829 g/mol. The van der Waals surface area contributed by atoms with Crippen LogP contribution in [0.4, 0.5) is 0 Å². The van der Waals surface area contributed by atoms with Crippen molar-refractivity contribution in [3.05, 3.63) is 36.5 Å². The van der Waals surface area contributed by atoms with Gasteiger partial charge in [-0.2, -0.15) is 0 Å². The third-order valence-electron chi connectivity index (χ3n) is 13.1. The lowest BCUT2D eigenvalue weighted by Crippen LogP contribution is -2.30. The van der Waals surface area contributed by atoms with Gasteiger partial charge in [0.25, 0.3) is 0 Å². The number of allylic oxidation sites excluding steroid dienone is 6. The van der Waals surface area contributed by atoms with E-state index in [-0.39, 0.29) is 31.1 Å². The van der Waals surface area contributed by atoms with Crippen LogP contribution in [0.1, 0.15) is 316 Å². The van der Waals surface area contributed by atoms with Gasteiger partial charge in [-0.1, -0.05) is 282 Å². The summed E-state index contributed by atoms with van der Waals surface area (Å²) < 4.78 is 16.8. The molecule has 1 atom stereocenters. The molecule has 0 N–H and O–H groups in total. The minimum absolute atomic E-state index is 0.0825. The van der Waals surface area contributed by atoms with E-state index in [1.807, 2.05) is 0 Å². The number of hydrogen-bond donors (Lipinski definition) is 0. The van der Waals surface area contributed by atoms with Crippen LogP contribution in [0.25, 0.3) is 0 Å². The van der Waals surface area contributed by atoms with Crippen LogP contribution in [-0.2, 0) is 28.6 Å². The SMILES string of the molecule is CCCCCCCC/C=C\C/C=C\C/C=C\CCCC(=O)OCC(COC(=O)CCCCCCCCCCCCCCCCCC)OC(=O)CCCCCCCCCCCCCCCCCC. The highest BCUT2D eigenvalue weighted by Crippen LogP contribution is 2.17. The second-order valence-electron chi connectivity index (χ2n) is 19.9. The normalized spacial score (nSPS) is 12.2. The van der Waals surface area contributed by atoms with Crippen LogP contribution in [0.5, 0.6) is 0 Å². The fourth-order valence-electron chi connectivity index (χ4n) is 8.70. The maximum atomic E-state index is 12.9. The van der Waals surface area contributed by atoms with Crippen LogP contribution in [-0.4, -0.2) is 37.2 Å². The first-order valence-electron chi connectivity index (χ1n) is 29.5. The Morgan fingerprint density at radius 3 is 0.896 bits per heavy atom. The molecule has 0 amide bonds. The number of unbranched alkanes of at least 4 members (excludes halogenated alkanes) is 37. The van der Waals surface area contributed by atoms with Gasteiger partial charge in [-0.3, -0.25) is 14.4 Å². The van der Waals surface area contributed by atoms with Crippen molar-refractivity contribution in [3.63, 3.8) is 0 Å². The predicted molar refractivity (Wildman–Crippen MR) is 289 cm³/mol. The van der Waals surface area contributed by atoms with Gasteiger partial charge in [0.1, 0.15) is 13.2 Å². The van der Waals surface area contributed by atoms with Crippen molar-refractivity contribution in [2.75, 3.05) is 13.2 Å². The van der Waals surface area contributed by atoms with Crippen LogP contribution in [0.2, 0.25) is 0 Å². The van der Waals surface area contributed by atoms with E-state index in [0.717, 1.165) is 57.8 Å². The molecule has 67 heavy (non-hydrogen) atoms. The highest BCUT2D eigenvalue weighted by atomic mass is 16.6. The molecule has 0 saturated heterocycles. The first kappa shape index (κ1) is 64.6. The van der Waals surface area contributed by atoms with Gasteiger partial charge < -0.3 is 14.2 Å². The Bertz CT molecular complexity index is 1130. The van der Waals surface area contributed by atoms with E-state index in [1.54, 1.807) is 0 Å². The zero-order valence-corrected chi connectivity index (χ0v) is 44.9. The smallest absolute Gasteiger partial charge is 0.306 e. The molecule has 0 heterocycles. The van der Waals surface area contributed by atoms with Crippen LogP contribution >= 0.6 is 0 Å². The van der Waals surface area contributed by atoms with Crippen LogP contribution in [0, 0.1) is 0 Å². The van der Waals surface area contributed by atoms with E-state index >= 15 is 0 Å². The zero-order chi connectivity index (χ0) is 48.6. The molecule has 0 radical (unpaired) electrons. The average molecular weight is 942 g/mol. The Morgan fingerprint density at radius 1 is 0.299 bits per heavy atom. The lowest BCUT2D eigenvalue weighted by molar-refractivity contribution is -0.167. The summed E-state index contributed by atoms with van der Waals surface area (Å²) in [7, 11) is 0. The monoisotopic (exact) mass is 941 g/mol.